The molecule has 0 aromatic heterocycles. The maximum absolute atomic E-state index is 13.8. The van der Waals surface area contributed by atoms with E-state index >= 15 is 0 Å². The third-order valence-corrected chi connectivity index (χ3v) is 5.58. The summed E-state index contributed by atoms with van der Waals surface area (Å²) in [5.74, 6) is -1.90. The molecule has 38 heavy (non-hydrogen) atoms. The fourth-order valence-electron chi connectivity index (χ4n) is 3.80. The number of alkyl carbamates (subject to hydrolysis) is 1. The normalized spacial score (nSPS) is 12.5. The molecule has 0 aliphatic heterocycles. The van der Waals surface area contributed by atoms with Gasteiger partial charge in [-0.25, -0.2) is 4.79 Å². The number of hydrogen-bond acceptors (Lipinski definition) is 5. The van der Waals surface area contributed by atoms with Crippen molar-refractivity contribution in [2.24, 2.45) is 5.73 Å². The number of carbonyl (C=O) groups excluding carboxylic acids is 4. The zero-order chi connectivity index (χ0) is 28.3. The van der Waals surface area contributed by atoms with E-state index in [9.17, 15) is 19.2 Å². The Morgan fingerprint density at radius 2 is 1.66 bits per heavy atom. The molecule has 2 aromatic rings. The van der Waals surface area contributed by atoms with Crippen LogP contribution in [0.25, 0.3) is 0 Å². The van der Waals surface area contributed by atoms with E-state index in [1.165, 1.54) is 11.0 Å². The van der Waals surface area contributed by atoms with Crippen LogP contribution in [0, 0.1) is 0 Å². The van der Waals surface area contributed by atoms with Crippen LogP contribution in [-0.4, -0.2) is 46.9 Å². The summed E-state index contributed by atoms with van der Waals surface area (Å²) in [6.07, 6.45) is 0.928. The van der Waals surface area contributed by atoms with Crippen LogP contribution in [-0.2, 0) is 32.1 Å². The van der Waals surface area contributed by atoms with Crippen molar-refractivity contribution in [3.63, 3.8) is 0 Å². The molecule has 4 N–H and O–H groups in total. The number of benzene rings is 2. The predicted octanol–water partition coefficient (Wildman–Crippen LogP) is 3.39. The van der Waals surface area contributed by atoms with Crippen molar-refractivity contribution in [2.45, 2.75) is 64.8 Å². The number of rotatable bonds is 12. The highest BCUT2D eigenvalue weighted by Gasteiger charge is 2.36. The highest BCUT2D eigenvalue weighted by Crippen LogP contribution is 2.24. The number of ether oxygens (including phenoxy) is 1. The Balaban J connectivity index is 2.44. The maximum atomic E-state index is 13.8. The van der Waals surface area contributed by atoms with Crippen molar-refractivity contribution in [3.8, 4) is 0 Å². The molecule has 0 radical (unpaired) electrons. The smallest absolute Gasteiger partial charge is 0.408 e. The van der Waals surface area contributed by atoms with Crippen LogP contribution >= 0.6 is 0 Å². The topological polar surface area (TPSA) is 131 Å². The standard InChI is InChI=1S/C29H38N4O5/c1-6-17-33(27(36)23(18-24(30)34)32-28(37)38-29(3,4)5)25(22-15-13-20(7-2)14-16-22)26(35)31-19-21-11-9-8-10-12-21/h6,8-16,23,25H,1,7,17-19H2,2-5H3,(H2,30,34)(H,31,35)(H,32,37). The van der Waals surface area contributed by atoms with E-state index in [2.05, 4.69) is 17.2 Å². The number of hydrogen-bond donors (Lipinski definition) is 3. The molecule has 0 bridgehead atoms. The van der Waals surface area contributed by atoms with Crippen molar-refractivity contribution in [1.82, 2.24) is 15.5 Å². The number of aryl methyl sites for hydroxylation is 1. The lowest BCUT2D eigenvalue weighted by atomic mass is 10.00. The highest BCUT2D eigenvalue weighted by molar-refractivity contribution is 5.94. The third-order valence-electron chi connectivity index (χ3n) is 5.58. The van der Waals surface area contributed by atoms with Crippen molar-refractivity contribution in [3.05, 3.63) is 83.9 Å². The number of primary amides is 1. The van der Waals surface area contributed by atoms with Crippen molar-refractivity contribution in [1.29, 1.82) is 0 Å². The summed E-state index contributed by atoms with van der Waals surface area (Å²) in [5, 5.41) is 5.35. The minimum atomic E-state index is -1.35. The summed E-state index contributed by atoms with van der Waals surface area (Å²) in [4.78, 5) is 53.0. The Labute approximate surface area is 224 Å². The largest absolute Gasteiger partial charge is 0.444 e. The van der Waals surface area contributed by atoms with Gasteiger partial charge in [0.25, 0.3) is 0 Å². The first-order valence-corrected chi connectivity index (χ1v) is 12.5. The second kappa shape index (κ2) is 14.0. The first-order valence-electron chi connectivity index (χ1n) is 12.5. The number of nitrogens with one attached hydrogen (secondary N) is 2. The first-order chi connectivity index (χ1) is 17.9. The Bertz CT molecular complexity index is 1110. The summed E-state index contributed by atoms with van der Waals surface area (Å²) < 4.78 is 5.27. The maximum Gasteiger partial charge on any atom is 0.408 e. The van der Waals surface area contributed by atoms with E-state index in [1.807, 2.05) is 49.4 Å². The van der Waals surface area contributed by atoms with E-state index in [-0.39, 0.29) is 13.1 Å². The van der Waals surface area contributed by atoms with Gasteiger partial charge in [-0.15, -0.1) is 6.58 Å². The molecular formula is C29H38N4O5. The van der Waals surface area contributed by atoms with E-state index < -0.39 is 47.9 Å². The minimum Gasteiger partial charge on any atom is -0.444 e. The van der Waals surface area contributed by atoms with Crippen molar-refractivity contribution >= 4 is 23.8 Å². The van der Waals surface area contributed by atoms with Crippen molar-refractivity contribution < 1.29 is 23.9 Å². The molecule has 0 aliphatic rings. The van der Waals surface area contributed by atoms with Gasteiger partial charge in [0.2, 0.25) is 17.7 Å². The molecular weight excluding hydrogens is 484 g/mol. The fourth-order valence-corrected chi connectivity index (χ4v) is 3.80. The SMILES string of the molecule is C=CCN(C(=O)C(CC(N)=O)NC(=O)OC(C)(C)C)C(C(=O)NCc1ccccc1)c1ccc(CC)cc1. The van der Waals surface area contributed by atoms with Crippen LogP contribution in [0.15, 0.2) is 67.3 Å². The van der Waals surface area contributed by atoms with Gasteiger partial charge in [0, 0.05) is 13.1 Å². The summed E-state index contributed by atoms with van der Waals surface area (Å²) >= 11 is 0. The average molecular weight is 523 g/mol. The number of nitrogens with zero attached hydrogens (tertiary/aromatic N) is 1. The minimum absolute atomic E-state index is 0.0248. The van der Waals surface area contributed by atoms with E-state index in [0.717, 1.165) is 17.5 Å². The lowest BCUT2D eigenvalue weighted by Gasteiger charge is -2.33. The summed E-state index contributed by atoms with van der Waals surface area (Å²) in [6.45, 7) is 11.0. The molecule has 2 rings (SSSR count). The Morgan fingerprint density at radius 1 is 1.03 bits per heavy atom. The van der Waals surface area contributed by atoms with Gasteiger partial charge < -0.3 is 26.0 Å². The Morgan fingerprint density at radius 3 is 2.18 bits per heavy atom. The summed E-state index contributed by atoms with van der Waals surface area (Å²) in [6, 6.07) is 14.3. The van der Waals surface area contributed by atoms with Gasteiger partial charge in [0.15, 0.2) is 0 Å². The molecule has 2 unspecified atom stereocenters. The molecule has 2 atom stereocenters. The second-order valence-corrected chi connectivity index (χ2v) is 9.85. The van der Waals surface area contributed by atoms with Gasteiger partial charge in [0.05, 0.1) is 6.42 Å². The van der Waals surface area contributed by atoms with Crippen LogP contribution in [0.3, 0.4) is 0 Å². The molecule has 9 nitrogen and oxygen atoms in total. The van der Waals surface area contributed by atoms with Crippen LogP contribution in [0.5, 0.6) is 0 Å². The molecule has 0 heterocycles. The molecule has 9 heteroatoms. The van der Waals surface area contributed by atoms with Gasteiger partial charge >= 0.3 is 6.09 Å². The Hall–Kier alpha value is -4.14. The monoisotopic (exact) mass is 522 g/mol. The van der Waals surface area contributed by atoms with Gasteiger partial charge in [-0.3, -0.25) is 14.4 Å². The van der Waals surface area contributed by atoms with Crippen LogP contribution in [0.1, 0.15) is 56.8 Å². The fraction of sp³-hybridized carbons (Fsp3) is 0.379. The number of carbonyl (C=O) groups is 4. The molecule has 0 saturated carbocycles. The summed E-state index contributed by atoms with van der Waals surface area (Å²) in [5.41, 5.74) is 7.09. The Kier molecular flexibility index (Phi) is 11.1. The van der Waals surface area contributed by atoms with E-state index in [1.54, 1.807) is 32.9 Å². The first kappa shape index (κ1) is 30.1. The molecule has 0 aliphatic carbocycles. The molecule has 0 spiro atoms. The van der Waals surface area contributed by atoms with E-state index in [4.69, 9.17) is 10.5 Å². The average Bonchev–Trinajstić information content (AvgIpc) is 2.86. The van der Waals surface area contributed by atoms with Crippen LogP contribution in [0.4, 0.5) is 4.79 Å². The zero-order valence-electron chi connectivity index (χ0n) is 22.5. The van der Waals surface area contributed by atoms with Gasteiger partial charge in [-0.1, -0.05) is 67.6 Å². The van der Waals surface area contributed by atoms with Gasteiger partial charge in [-0.2, -0.15) is 0 Å². The van der Waals surface area contributed by atoms with Crippen LogP contribution in [0.2, 0.25) is 0 Å². The van der Waals surface area contributed by atoms with Gasteiger partial charge in [0.1, 0.15) is 17.7 Å². The molecule has 4 amide bonds. The highest BCUT2D eigenvalue weighted by atomic mass is 16.6. The number of amides is 4. The lowest BCUT2D eigenvalue weighted by molar-refractivity contribution is -0.142. The molecule has 0 fully saturated rings. The lowest BCUT2D eigenvalue weighted by Crippen LogP contribution is -2.54. The molecule has 2 aromatic carbocycles. The second-order valence-electron chi connectivity index (χ2n) is 9.85. The summed E-state index contributed by atoms with van der Waals surface area (Å²) in [7, 11) is 0. The van der Waals surface area contributed by atoms with Crippen molar-refractivity contribution in [2.75, 3.05) is 6.54 Å². The van der Waals surface area contributed by atoms with Crippen LogP contribution < -0.4 is 16.4 Å². The predicted molar refractivity (Wildman–Crippen MR) is 146 cm³/mol. The quantitative estimate of drug-likeness (QED) is 0.368. The van der Waals surface area contributed by atoms with Gasteiger partial charge in [-0.05, 0) is 43.9 Å². The molecule has 204 valence electrons. The zero-order valence-corrected chi connectivity index (χ0v) is 22.5. The number of nitrogens with two attached hydrogens (primary N) is 1. The third kappa shape index (κ3) is 9.38. The molecule has 0 saturated heterocycles. The van der Waals surface area contributed by atoms with E-state index in [0.29, 0.717) is 5.56 Å².